The van der Waals surface area contributed by atoms with E-state index in [1.165, 1.54) is 19.3 Å². The summed E-state index contributed by atoms with van der Waals surface area (Å²) in [7, 11) is 0. The molecule has 2 unspecified atom stereocenters. The van der Waals surface area contributed by atoms with Crippen LogP contribution < -0.4 is 0 Å². The van der Waals surface area contributed by atoms with E-state index in [2.05, 4.69) is 11.8 Å². The lowest BCUT2D eigenvalue weighted by Crippen LogP contribution is -2.40. The molecule has 2 rings (SSSR count). The minimum Gasteiger partial charge on any atom is -0.340 e. The summed E-state index contributed by atoms with van der Waals surface area (Å²) in [5.74, 6) is 1.28. The first-order valence-corrected chi connectivity index (χ1v) is 5.10. The monoisotopic (exact) mass is 167 g/mol. The number of nitrogens with zero attached hydrogens (tertiary/aromatic N) is 1. The van der Waals surface area contributed by atoms with Crippen molar-refractivity contribution in [2.75, 3.05) is 6.54 Å². The van der Waals surface area contributed by atoms with Crippen LogP contribution in [0.2, 0.25) is 0 Å². The van der Waals surface area contributed by atoms with E-state index < -0.39 is 0 Å². The molecule has 0 aromatic carbocycles. The van der Waals surface area contributed by atoms with Gasteiger partial charge in [0.2, 0.25) is 5.91 Å². The molecular formula is C10H17NO. The first kappa shape index (κ1) is 8.09. The maximum Gasteiger partial charge on any atom is 0.222 e. The highest BCUT2D eigenvalue weighted by molar-refractivity contribution is 5.78. The maximum absolute atomic E-state index is 11.3. The van der Waals surface area contributed by atoms with E-state index in [-0.39, 0.29) is 0 Å². The molecule has 0 aromatic heterocycles. The van der Waals surface area contributed by atoms with E-state index >= 15 is 0 Å². The minimum absolute atomic E-state index is 0.398. The lowest BCUT2D eigenvalue weighted by Gasteiger charge is -2.34. The highest BCUT2D eigenvalue weighted by atomic mass is 16.2. The summed E-state index contributed by atoms with van der Waals surface area (Å²) >= 11 is 0. The van der Waals surface area contributed by atoms with Gasteiger partial charge in [0.25, 0.3) is 0 Å². The Morgan fingerprint density at radius 3 is 3.08 bits per heavy atom. The van der Waals surface area contributed by atoms with Gasteiger partial charge in [0, 0.05) is 19.0 Å². The minimum atomic E-state index is 0.398. The van der Waals surface area contributed by atoms with Crippen molar-refractivity contribution in [3.8, 4) is 0 Å². The second-order valence-corrected chi connectivity index (χ2v) is 4.08. The second kappa shape index (κ2) is 3.08. The molecule has 2 heterocycles. The molecule has 68 valence electrons. The van der Waals surface area contributed by atoms with Crippen molar-refractivity contribution in [1.29, 1.82) is 0 Å². The van der Waals surface area contributed by atoms with Gasteiger partial charge in [0.05, 0.1) is 0 Å². The number of amides is 1. The third-order valence-electron chi connectivity index (χ3n) is 3.41. The van der Waals surface area contributed by atoms with Crippen molar-refractivity contribution in [1.82, 2.24) is 4.90 Å². The number of carbonyl (C=O) groups is 1. The number of hydrogen-bond donors (Lipinski definition) is 0. The van der Waals surface area contributed by atoms with E-state index in [9.17, 15) is 4.79 Å². The highest BCUT2D eigenvalue weighted by Crippen LogP contribution is 2.32. The normalized spacial score (nSPS) is 35.4. The molecule has 2 atom stereocenters. The van der Waals surface area contributed by atoms with Crippen LogP contribution in [0.4, 0.5) is 0 Å². The van der Waals surface area contributed by atoms with Gasteiger partial charge in [-0.05, 0) is 25.2 Å². The van der Waals surface area contributed by atoms with Crippen LogP contribution in [-0.4, -0.2) is 23.4 Å². The molecule has 0 N–H and O–H groups in total. The molecule has 1 amide bonds. The molecule has 2 aliphatic heterocycles. The summed E-state index contributed by atoms with van der Waals surface area (Å²) in [6, 6.07) is 0.608. The first-order valence-electron chi connectivity index (χ1n) is 5.10. The third-order valence-corrected chi connectivity index (χ3v) is 3.41. The van der Waals surface area contributed by atoms with Crippen LogP contribution in [0.15, 0.2) is 0 Å². The van der Waals surface area contributed by atoms with Crippen LogP contribution in [0.3, 0.4) is 0 Å². The van der Waals surface area contributed by atoms with E-state index in [1.54, 1.807) is 0 Å². The Hall–Kier alpha value is -0.530. The fourth-order valence-corrected chi connectivity index (χ4v) is 2.54. The predicted molar refractivity (Wildman–Crippen MR) is 47.8 cm³/mol. The topological polar surface area (TPSA) is 20.3 Å². The highest BCUT2D eigenvalue weighted by Gasteiger charge is 2.35. The van der Waals surface area contributed by atoms with Crippen molar-refractivity contribution < 1.29 is 4.79 Å². The molecule has 0 saturated carbocycles. The Morgan fingerprint density at radius 1 is 1.50 bits per heavy atom. The largest absolute Gasteiger partial charge is 0.340 e. The summed E-state index contributed by atoms with van der Waals surface area (Å²) in [5, 5.41) is 0. The van der Waals surface area contributed by atoms with Gasteiger partial charge in [-0.15, -0.1) is 0 Å². The molecule has 2 fully saturated rings. The molecular weight excluding hydrogens is 150 g/mol. The molecule has 2 aliphatic rings. The standard InChI is InChI=1S/C10H17NO/c1-2-8-5-6-11-9(7-8)3-4-10(11)12/h8-9H,2-7H2,1H3. The van der Waals surface area contributed by atoms with Gasteiger partial charge in [-0.3, -0.25) is 4.79 Å². The van der Waals surface area contributed by atoms with E-state index in [0.717, 1.165) is 25.3 Å². The van der Waals surface area contributed by atoms with Crippen molar-refractivity contribution >= 4 is 5.91 Å². The summed E-state index contributed by atoms with van der Waals surface area (Å²) in [6.07, 6.45) is 5.72. The molecule has 0 bridgehead atoms. The van der Waals surface area contributed by atoms with Gasteiger partial charge in [0.15, 0.2) is 0 Å². The molecule has 2 saturated heterocycles. The fourth-order valence-electron chi connectivity index (χ4n) is 2.54. The van der Waals surface area contributed by atoms with Crippen molar-refractivity contribution in [2.45, 2.75) is 45.1 Å². The molecule has 0 aliphatic carbocycles. The third kappa shape index (κ3) is 1.23. The quantitative estimate of drug-likeness (QED) is 0.583. The lowest BCUT2D eigenvalue weighted by atomic mass is 9.89. The zero-order valence-corrected chi connectivity index (χ0v) is 7.75. The number of piperidine rings is 1. The summed E-state index contributed by atoms with van der Waals surface area (Å²) in [4.78, 5) is 13.4. The van der Waals surface area contributed by atoms with Crippen LogP contribution in [0, 0.1) is 5.92 Å². The van der Waals surface area contributed by atoms with Crippen LogP contribution in [0.5, 0.6) is 0 Å². The van der Waals surface area contributed by atoms with Gasteiger partial charge in [-0.1, -0.05) is 13.3 Å². The van der Waals surface area contributed by atoms with Gasteiger partial charge < -0.3 is 4.90 Å². The number of carbonyl (C=O) groups excluding carboxylic acids is 1. The summed E-state index contributed by atoms with van der Waals surface area (Å²) in [6.45, 7) is 3.29. The van der Waals surface area contributed by atoms with Gasteiger partial charge in [-0.25, -0.2) is 0 Å². The van der Waals surface area contributed by atoms with Gasteiger partial charge in [-0.2, -0.15) is 0 Å². The van der Waals surface area contributed by atoms with Crippen molar-refractivity contribution in [3.05, 3.63) is 0 Å². The van der Waals surface area contributed by atoms with Gasteiger partial charge in [0.1, 0.15) is 0 Å². The lowest BCUT2D eigenvalue weighted by molar-refractivity contribution is -0.130. The Kier molecular flexibility index (Phi) is 2.07. The molecule has 0 spiro atoms. The molecule has 12 heavy (non-hydrogen) atoms. The Balaban J connectivity index is 1.99. The zero-order chi connectivity index (χ0) is 8.55. The smallest absolute Gasteiger partial charge is 0.222 e. The number of fused-ring (bicyclic) bond motifs is 1. The molecule has 2 nitrogen and oxygen atoms in total. The summed E-state index contributed by atoms with van der Waals surface area (Å²) in [5.41, 5.74) is 0. The molecule has 2 heteroatoms. The Morgan fingerprint density at radius 2 is 2.33 bits per heavy atom. The van der Waals surface area contributed by atoms with Crippen molar-refractivity contribution in [3.63, 3.8) is 0 Å². The van der Waals surface area contributed by atoms with Gasteiger partial charge >= 0.3 is 0 Å². The Bertz CT molecular complexity index is 190. The average molecular weight is 167 g/mol. The predicted octanol–water partition coefficient (Wildman–Crippen LogP) is 1.80. The maximum atomic E-state index is 11.3. The van der Waals surface area contributed by atoms with Crippen LogP contribution in [0.1, 0.15) is 39.0 Å². The molecule has 0 aromatic rings. The molecule has 0 radical (unpaired) electrons. The van der Waals surface area contributed by atoms with Crippen molar-refractivity contribution in [2.24, 2.45) is 5.92 Å². The van der Waals surface area contributed by atoms with Crippen LogP contribution in [-0.2, 0) is 4.79 Å². The van der Waals surface area contributed by atoms with Crippen LogP contribution >= 0.6 is 0 Å². The number of hydrogen-bond acceptors (Lipinski definition) is 1. The first-order chi connectivity index (χ1) is 5.81. The number of rotatable bonds is 1. The fraction of sp³-hybridized carbons (Fsp3) is 0.900. The van der Waals surface area contributed by atoms with E-state index in [0.29, 0.717) is 11.9 Å². The van der Waals surface area contributed by atoms with E-state index in [1.807, 2.05) is 0 Å². The average Bonchev–Trinajstić information content (AvgIpc) is 2.47. The summed E-state index contributed by atoms with van der Waals surface area (Å²) < 4.78 is 0. The second-order valence-electron chi connectivity index (χ2n) is 4.08. The SMILES string of the molecule is CCC1CCN2C(=O)CCC2C1. The zero-order valence-electron chi connectivity index (χ0n) is 7.75. The van der Waals surface area contributed by atoms with Crippen LogP contribution in [0.25, 0.3) is 0 Å². The van der Waals surface area contributed by atoms with E-state index in [4.69, 9.17) is 0 Å². The Labute approximate surface area is 73.9 Å².